The van der Waals surface area contributed by atoms with Crippen LogP contribution in [0.25, 0.3) is 0 Å². The number of thioether (sulfide) groups is 1. The predicted octanol–water partition coefficient (Wildman–Crippen LogP) is 1.19. The van der Waals surface area contributed by atoms with Gasteiger partial charge in [0, 0.05) is 25.4 Å². The summed E-state index contributed by atoms with van der Waals surface area (Å²) in [5.41, 5.74) is 0.0726. The highest BCUT2D eigenvalue weighted by atomic mass is 32.2. The first-order valence-electron chi connectivity index (χ1n) is 5.19. The molecule has 15 heavy (non-hydrogen) atoms. The lowest BCUT2D eigenvalue weighted by molar-refractivity contribution is 0.583. The second-order valence-corrected chi connectivity index (χ2v) is 4.31. The number of aromatic nitrogens is 1. The molecule has 0 amide bonds. The summed E-state index contributed by atoms with van der Waals surface area (Å²) in [6.07, 6.45) is 5.13. The summed E-state index contributed by atoms with van der Waals surface area (Å²) in [5.74, 6) is 1.19. The summed E-state index contributed by atoms with van der Waals surface area (Å²) in [5, 5.41) is 3.32. The third-order valence-electron chi connectivity index (χ3n) is 2.13. The van der Waals surface area contributed by atoms with Crippen LogP contribution in [0.4, 0.5) is 0 Å². The molecule has 0 atom stereocenters. The summed E-state index contributed by atoms with van der Waals surface area (Å²) < 4.78 is 1.72. The molecule has 1 N–H and O–H groups in total. The Labute approximate surface area is 94.9 Å². The molecule has 4 heteroatoms. The van der Waals surface area contributed by atoms with Crippen LogP contribution in [0.15, 0.2) is 29.2 Å². The fourth-order valence-corrected chi connectivity index (χ4v) is 1.74. The second-order valence-electron chi connectivity index (χ2n) is 3.33. The minimum absolute atomic E-state index is 0.0726. The first-order valence-corrected chi connectivity index (χ1v) is 6.59. The summed E-state index contributed by atoms with van der Waals surface area (Å²) in [7, 11) is 0. The van der Waals surface area contributed by atoms with Crippen molar-refractivity contribution in [3.63, 3.8) is 0 Å². The lowest BCUT2D eigenvalue weighted by atomic mass is 10.4. The standard InChI is InChI=1S/C11H18N2OS/c1-15-10-4-6-12-7-9-13-8-3-2-5-11(13)14/h2-3,5,8,12H,4,6-7,9-10H2,1H3. The first-order chi connectivity index (χ1) is 7.34. The van der Waals surface area contributed by atoms with Gasteiger partial charge in [0.05, 0.1) is 0 Å². The van der Waals surface area contributed by atoms with Crippen LogP contribution in [0.5, 0.6) is 0 Å². The van der Waals surface area contributed by atoms with Gasteiger partial charge in [-0.2, -0.15) is 11.8 Å². The van der Waals surface area contributed by atoms with Gasteiger partial charge in [-0.05, 0) is 31.0 Å². The van der Waals surface area contributed by atoms with Crippen LogP contribution in [0, 0.1) is 0 Å². The van der Waals surface area contributed by atoms with Gasteiger partial charge in [-0.3, -0.25) is 4.79 Å². The first kappa shape index (κ1) is 12.3. The molecule has 1 aromatic heterocycles. The molecule has 0 aromatic carbocycles. The number of pyridine rings is 1. The maximum atomic E-state index is 11.3. The van der Waals surface area contributed by atoms with Crippen LogP contribution in [-0.2, 0) is 6.54 Å². The van der Waals surface area contributed by atoms with Gasteiger partial charge in [0.1, 0.15) is 0 Å². The van der Waals surface area contributed by atoms with Crippen molar-refractivity contribution in [3.05, 3.63) is 34.7 Å². The van der Waals surface area contributed by atoms with E-state index in [1.807, 2.05) is 24.0 Å². The Morgan fingerprint density at radius 1 is 1.40 bits per heavy atom. The van der Waals surface area contributed by atoms with Gasteiger partial charge >= 0.3 is 0 Å². The SMILES string of the molecule is CSCCCNCCn1ccccc1=O. The van der Waals surface area contributed by atoms with Crippen molar-refractivity contribution in [1.29, 1.82) is 0 Å². The molecular formula is C11H18N2OS. The van der Waals surface area contributed by atoms with E-state index in [0.29, 0.717) is 0 Å². The molecule has 0 aliphatic carbocycles. The number of nitrogens with one attached hydrogen (secondary N) is 1. The van der Waals surface area contributed by atoms with Crippen molar-refractivity contribution in [2.75, 3.05) is 25.1 Å². The number of nitrogens with zero attached hydrogens (tertiary/aromatic N) is 1. The molecule has 0 fully saturated rings. The van der Waals surface area contributed by atoms with E-state index in [1.54, 1.807) is 16.7 Å². The van der Waals surface area contributed by atoms with Crippen molar-refractivity contribution in [2.45, 2.75) is 13.0 Å². The fourth-order valence-electron chi connectivity index (χ4n) is 1.31. The highest BCUT2D eigenvalue weighted by Gasteiger charge is 1.92. The molecule has 0 aliphatic rings. The van der Waals surface area contributed by atoms with Crippen molar-refractivity contribution in [3.8, 4) is 0 Å². The summed E-state index contributed by atoms with van der Waals surface area (Å²) >= 11 is 1.86. The largest absolute Gasteiger partial charge is 0.315 e. The monoisotopic (exact) mass is 226 g/mol. The smallest absolute Gasteiger partial charge is 0.250 e. The zero-order chi connectivity index (χ0) is 10.9. The van der Waals surface area contributed by atoms with E-state index in [2.05, 4.69) is 11.6 Å². The maximum Gasteiger partial charge on any atom is 0.250 e. The van der Waals surface area contributed by atoms with E-state index in [1.165, 1.54) is 12.2 Å². The molecule has 0 spiro atoms. The average molecular weight is 226 g/mol. The van der Waals surface area contributed by atoms with Crippen LogP contribution >= 0.6 is 11.8 Å². The van der Waals surface area contributed by atoms with E-state index < -0.39 is 0 Å². The van der Waals surface area contributed by atoms with Gasteiger partial charge in [-0.25, -0.2) is 0 Å². The Morgan fingerprint density at radius 3 is 3.00 bits per heavy atom. The molecule has 0 saturated heterocycles. The van der Waals surface area contributed by atoms with Crippen LogP contribution in [0.2, 0.25) is 0 Å². The van der Waals surface area contributed by atoms with E-state index in [-0.39, 0.29) is 5.56 Å². The number of hydrogen-bond acceptors (Lipinski definition) is 3. The van der Waals surface area contributed by atoms with Crippen molar-refractivity contribution >= 4 is 11.8 Å². The van der Waals surface area contributed by atoms with E-state index in [9.17, 15) is 4.79 Å². The topological polar surface area (TPSA) is 34.0 Å². The minimum atomic E-state index is 0.0726. The van der Waals surface area contributed by atoms with Gasteiger partial charge < -0.3 is 9.88 Å². The van der Waals surface area contributed by atoms with Crippen LogP contribution < -0.4 is 10.9 Å². The van der Waals surface area contributed by atoms with Crippen molar-refractivity contribution in [1.82, 2.24) is 9.88 Å². The highest BCUT2D eigenvalue weighted by Crippen LogP contribution is 1.92. The van der Waals surface area contributed by atoms with Crippen LogP contribution in [0.3, 0.4) is 0 Å². The molecule has 84 valence electrons. The molecule has 0 aliphatic heterocycles. The Balaban J connectivity index is 2.15. The molecule has 0 bridgehead atoms. The van der Waals surface area contributed by atoms with Crippen LogP contribution in [-0.4, -0.2) is 29.7 Å². The number of rotatable bonds is 7. The zero-order valence-corrected chi connectivity index (χ0v) is 9.93. The maximum absolute atomic E-state index is 11.3. The molecule has 1 heterocycles. The molecule has 3 nitrogen and oxygen atoms in total. The van der Waals surface area contributed by atoms with Gasteiger partial charge in [-0.15, -0.1) is 0 Å². The summed E-state index contributed by atoms with van der Waals surface area (Å²) in [6, 6.07) is 5.24. The Kier molecular flexibility index (Phi) is 6.20. The quantitative estimate of drug-likeness (QED) is 0.709. The van der Waals surface area contributed by atoms with Crippen LogP contribution in [0.1, 0.15) is 6.42 Å². The van der Waals surface area contributed by atoms with Gasteiger partial charge in [0.2, 0.25) is 0 Å². The average Bonchev–Trinajstić information content (AvgIpc) is 2.25. The van der Waals surface area contributed by atoms with E-state index in [4.69, 9.17) is 0 Å². The minimum Gasteiger partial charge on any atom is -0.315 e. The lowest BCUT2D eigenvalue weighted by Crippen LogP contribution is -2.26. The lowest BCUT2D eigenvalue weighted by Gasteiger charge is -2.06. The van der Waals surface area contributed by atoms with Gasteiger partial charge in [0.25, 0.3) is 5.56 Å². The van der Waals surface area contributed by atoms with Crippen molar-refractivity contribution in [2.24, 2.45) is 0 Å². The highest BCUT2D eigenvalue weighted by molar-refractivity contribution is 7.98. The fraction of sp³-hybridized carbons (Fsp3) is 0.545. The molecular weight excluding hydrogens is 208 g/mol. The molecule has 0 radical (unpaired) electrons. The summed E-state index contributed by atoms with van der Waals surface area (Å²) in [6.45, 7) is 2.64. The third kappa shape index (κ3) is 5.04. The molecule has 0 saturated carbocycles. The number of hydrogen-bond donors (Lipinski definition) is 1. The van der Waals surface area contributed by atoms with E-state index in [0.717, 1.165) is 19.6 Å². The molecule has 1 rings (SSSR count). The third-order valence-corrected chi connectivity index (χ3v) is 2.83. The normalized spacial score (nSPS) is 10.5. The Bertz CT molecular complexity index is 324. The van der Waals surface area contributed by atoms with Crippen molar-refractivity contribution < 1.29 is 0 Å². The summed E-state index contributed by atoms with van der Waals surface area (Å²) in [4.78, 5) is 11.3. The zero-order valence-electron chi connectivity index (χ0n) is 9.11. The predicted molar refractivity (Wildman–Crippen MR) is 66.6 cm³/mol. The molecule has 0 unspecified atom stereocenters. The molecule has 1 aromatic rings. The van der Waals surface area contributed by atoms with E-state index >= 15 is 0 Å². The Morgan fingerprint density at radius 2 is 2.27 bits per heavy atom. The van der Waals surface area contributed by atoms with Gasteiger partial charge in [-0.1, -0.05) is 6.07 Å². The Hall–Kier alpha value is -0.740. The van der Waals surface area contributed by atoms with Gasteiger partial charge in [0.15, 0.2) is 0 Å². The second kappa shape index (κ2) is 7.54.